The van der Waals surface area contributed by atoms with Crippen molar-refractivity contribution in [2.45, 2.75) is 18.4 Å². The first kappa shape index (κ1) is 26.2. The second-order valence-electron chi connectivity index (χ2n) is 9.35. The average molecular weight is 539 g/mol. The van der Waals surface area contributed by atoms with E-state index in [1.165, 1.54) is 11.6 Å². The quantitative estimate of drug-likeness (QED) is 0.192. The van der Waals surface area contributed by atoms with E-state index < -0.39 is 10.0 Å². The molecule has 198 valence electrons. The Morgan fingerprint density at radius 1 is 0.923 bits per heavy atom. The maximum absolute atomic E-state index is 13.2. The number of nitrogens with one attached hydrogen (secondary N) is 2. The third kappa shape index (κ3) is 5.87. The molecule has 0 spiro atoms. The van der Waals surface area contributed by atoms with Gasteiger partial charge in [-0.25, -0.2) is 13.4 Å². The van der Waals surface area contributed by atoms with Gasteiger partial charge in [0.15, 0.2) is 5.88 Å². The number of rotatable bonds is 9. The lowest BCUT2D eigenvalue weighted by Crippen LogP contribution is -2.16. The van der Waals surface area contributed by atoms with Crippen LogP contribution in [0, 0.1) is 0 Å². The third-order valence-corrected chi connectivity index (χ3v) is 7.92. The van der Waals surface area contributed by atoms with Gasteiger partial charge in [0, 0.05) is 28.7 Å². The lowest BCUT2D eigenvalue weighted by Gasteiger charge is -2.13. The fourth-order valence-electron chi connectivity index (χ4n) is 4.37. The van der Waals surface area contributed by atoms with Crippen molar-refractivity contribution in [3.8, 4) is 5.88 Å². The van der Waals surface area contributed by atoms with Crippen molar-refractivity contribution in [3.63, 3.8) is 0 Å². The van der Waals surface area contributed by atoms with Gasteiger partial charge in [0.2, 0.25) is 0 Å². The van der Waals surface area contributed by atoms with Crippen molar-refractivity contribution in [1.29, 1.82) is 0 Å². The number of anilines is 1. The molecule has 0 saturated heterocycles. The molecular formula is C31H30N4O3S. The maximum atomic E-state index is 13.2. The molecule has 0 fully saturated rings. The summed E-state index contributed by atoms with van der Waals surface area (Å²) in [5, 5.41) is 11.6. The van der Waals surface area contributed by atoms with E-state index in [2.05, 4.69) is 28.6 Å². The topological polar surface area (TPSA) is 97.8 Å². The number of aliphatic imine (C=N–C) groups is 1. The van der Waals surface area contributed by atoms with Crippen molar-refractivity contribution in [1.82, 2.24) is 9.88 Å². The van der Waals surface area contributed by atoms with Gasteiger partial charge in [-0.1, -0.05) is 67.6 Å². The van der Waals surface area contributed by atoms with Gasteiger partial charge >= 0.3 is 0 Å². The van der Waals surface area contributed by atoms with Crippen LogP contribution in [-0.2, 0) is 16.6 Å². The summed E-state index contributed by atoms with van der Waals surface area (Å²) in [5.41, 5.74) is 4.72. The van der Waals surface area contributed by atoms with Gasteiger partial charge in [-0.3, -0.25) is 4.72 Å². The van der Waals surface area contributed by atoms with Crippen molar-refractivity contribution in [2.24, 2.45) is 4.99 Å². The van der Waals surface area contributed by atoms with E-state index in [1.807, 2.05) is 60.7 Å². The fourth-order valence-corrected chi connectivity index (χ4v) is 5.46. The van der Waals surface area contributed by atoms with E-state index >= 15 is 0 Å². The molecule has 0 unspecified atom stereocenters. The standard InChI is InChI=1S/C31H30N4O3S/c1-3-35(2)21-22-14-16-24(17-15-22)32-30(23-10-6-4-7-11-23)29-27-20-26(18-19-28(27)33-31(29)36)39(37,38)34-25-12-8-5-9-13-25/h4-20,33-34,36H,3,21H2,1-2H3. The van der Waals surface area contributed by atoms with Gasteiger partial charge < -0.3 is 15.0 Å². The zero-order chi connectivity index (χ0) is 27.4. The average Bonchev–Trinajstić information content (AvgIpc) is 3.28. The number of para-hydroxylation sites is 1. The lowest BCUT2D eigenvalue weighted by atomic mass is 10.0. The van der Waals surface area contributed by atoms with Crippen LogP contribution in [0.4, 0.5) is 11.4 Å². The molecule has 0 atom stereocenters. The molecule has 5 rings (SSSR count). The fraction of sp³-hybridized carbons (Fsp3) is 0.129. The minimum atomic E-state index is -3.87. The van der Waals surface area contributed by atoms with Gasteiger partial charge in [-0.15, -0.1) is 0 Å². The number of H-pyrrole nitrogens is 1. The van der Waals surface area contributed by atoms with Crippen molar-refractivity contribution >= 4 is 38.0 Å². The first-order valence-electron chi connectivity index (χ1n) is 12.7. The Bertz CT molecular complexity index is 1710. The van der Waals surface area contributed by atoms with Crippen LogP contribution in [0.25, 0.3) is 10.9 Å². The number of hydrogen-bond acceptors (Lipinski definition) is 5. The summed E-state index contributed by atoms with van der Waals surface area (Å²) in [6, 6.07) is 31.0. The van der Waals surface area contributed by atoms with Crippen LogP contribution >= 0.6 is 0 Å². The molecule has 0 radical (unpaired) electrons. The molecule has 8 heteroatoms. The molecule has 0 saturated carbocycles. The molecule has 4 aromatic carbocycles. The number of sulfonamides is 1. The Hall–Kier alpha value is -4.40. The molecular weight excluding hydrogens is 508 g/mol. The molecule has 1 aromatic heterocycles. The van der Waals surface area contributed by atoms with Crippen LogP contribution in [0.2, 0.25) is 0 Å². The van der Waals surface area contributed by atoms with Crippen LogP contribution in [0.1, 0.15) is 23.6 Å². The molecule has 7 nitrogen and oxygen atoms in total. The first-order valence-corrected chi connectivity index (χ1v) is 14.2. The van der Waals surface area contributed by atoms with Crippen LogP contribution in [0.3, 0.4) is 0 Å². The molecule has 0 aliphatic carbocycles. The molecule has 39 heavy (non-hydrogen) atoms. The monoisotopic (exact) mass is 538 g/mol. The SMILES string of the molecule is CCN(C)Cc1ccc(N=C(c2ccccc2)c2c(O)[nH]c3ccc(S(=O)(=O)Nc4ccccc4)cc23)cc1. The number of benzene rings is 4. The first-order chi connectivity index (χ1) is 18.8. The summed E-state index contributed by atoms with van der Waals surface area (Å²) >= 11 is 0. The van der Waals surface area contributed by atoms with Gasteiger partial charge in [-0.2, -0.15) is 0 Å². The Balaban J connectivity index is 1.61. The largest absolute Gasteiger partial charge is 0.494 e. The van der Waals surface area contributed by atoms with Gasteiger partial charge in [-0.05, 0) is 61.6 Å². The van der Waals surface area contributed by atoms with Crippen LogP contribution < -0.4 is 4.72 Å². The summed E-state index contributed by atoms with van der Waals surface area (Å²) in [4.78, 5) is 10.2. The smallest absolute Gasteiger partial charge is 0.261 e. The zero-order valence-electron chi connectivity index (χ0n) is 21.8. The Labute approximate surface area is 228 Å². The Kier molecular flexibility index (Phi) is 7.49. The third-order valence-electron chi connectivity index (χ3n) is 6.54. The lowest BCUT2D eigenvalue weighted by molar-refractivity contribution is 0.346. The minimum Gasteiger partial charge on any atom is -0.494 e. The number of aromatic nitrogens is 1. The van der Waals surface area contributed by atoms with Gasteiger partial charge in [0.05, 0.1) is 21.9 Å². The van der Waals surface area contributed by atoms with E-state index in [1.54, 1.807) is 36.4 Å². The summed E-state index contributed by atoms with van der Waals surface area (Å²) in [5.74, 6) is -0.0839. The predicted molar refractivity (Wildman–Crippen MR) is 157 cm³/mol. The highest BCUT2D eigenvalue weighted by Gasteiger charge is 2.22. The van der Waals surface area contributed by atoms with Crippen LogP contribution in [-0.4, -0.2) is 42.7 Å². The number of aromatic amines is 1. The van der Waals surface area contributed by atoms with Crippen molar-refractivity contribution < 1.29 is 13.5 Å². The van der Waals surface area contributed by atoms with Gasteiger partial charge in [0.1, 0.15) is 0 Å². The highest BCUT2D eigenvalue weighted by atomic mass is 32.2. The minimum absolute atomic E-state index is 0.0795. The van der Waals surface area contributed by atoms with E-state index in [4.69, 9.17) is 4.99 Å². The Morgan fingerprint density at radius 3 is 2.26 bits per heavy atom. The number of nitrogens with zero attached hydrogens (tertiary/aromatic N) is 2. The summed E-state index contributed by atoms with van der Waals surface area (Å²) in [7, 11) is -1.80. The van der Waals surface area contributed by atoms with Crippen LogP contribution in [0.5, 0.6) is 5.88 Å². The predicted octanol–water partition coefficient (Wildman–Crippen LogP) is 6.30. The molecule has 0 amide bonds. The molecule has 1 heterocycles. The number of hydrogen-bond donors (Lipinski definition) is 3. The summed E-state index contributed by atoms with van der Waals surface area (Å²) in [6.07, 6.45) is 0. The molecule has 0 aliphatic heterocycles. The molecule has 5 aromatic rings. The maximum Gasteiger partial charge on any atom is 0.261 e. The van der Waals surface area contributed by atoms with E-state index in [0.717, 1.165) is 24.3 Å². The van der Waals surface area contributed by atoms with Crippen molar-refractivity contribution in [3.05, 3.63) is 120 Å². The molecule has 0 aliphatic rings. The molecule has 0 bridgehead atoms. The summed E-state index contributed by atoms with van der Waals surface area (Å²) < 4.78 is 29.0. The molecule has 3 N–H and O–H groups in total. The zero-order valence-corrected chi connectivity index (χ0v) is 22.6. The second-order valence-corrected chi connectivity index (χ2v) is 11.0. The number of aromatic hydroxyl groups is 1. The van der Waals surface area contributed by atoms with E-state index in [9.17, 15) is 13.5 Å². The van der Waals surface area contributed by atoms with Gasteiger partial charge in [0.25, 0.3) is 10.0 Å². The summed E-state index contributed by atoms with van der Waals surface area (Å²) in [6.45, 7) is 3.91. The van der Waals surface area contributed by atoms with Crippen molar-refractivity contribution in [2.75, 3.05) is 18.3 Å². The van der Waals surface area contributed by atoms with Crippen LogP contribution in [0.15, 0.2) is 113 Å². The highest BCUT2D eigenvalue weighted by Crippen LogP contribution is 2.33. The number of fused-ring (bicyclic) bond motifs is 1. The van der Waals surface area contributed by atoms with E-state index in [-0.39, 0.29) is 10.8 Å². The highest BCUT2D eigenvalue weighted by molar-refractivity contribution is 7.92. The Morgan fingerprint density at radius 2 is 1.59 bits per heavy atom. The van der Waals surface area contributed by atoms with E-state index in [0.29, 0.717) is 27.9 Å². The second kappa shape index (κ2) is 11.1. The normalized spacial score (nSPS) is 12.2.